The van der Waals surface area contributed by atoms with E-state index in [1.807, 2.05) is 24.4 Å². The summed E-state index contributed by atoms with van der Waals surface area (Å²) in [5.74, 6) is 1.76. The van der Waals surface area contributed by atoms with Gasteiger partial charge in [-0.1, -0.05) is 176 Å². The number of aromatic nitrogens is 3. The summed E-state index contributed by atoms with van der Waals surface area (Å²) < 4.78 is 2.30. The smallest absolute Gasteiger partial charge is 0.145 e. The molecule has 1 aliphatic rings. The van der Waals surface area contributed by atoms with Crippen molar-refractivity contribution in [2.24, 2.45) is 4.99 Å². The number of pyridine rings is 1. The second-order valence-electron chi connectivity index (χ2n) is 14.9. The van der Waals surface area contributed by atoms with E-state index in [4.69, 9.17) is 15.0 Å². The van der Waals surface area contributed by atoms with E-state index in [2.05, 4.69) is 198 Å². The van der Waals surface area contributed by atoms with Gasteiger partial charge in [0.25, 0.3) is 0 Å². The van der Waals surface area contributed by atoms with Crippen LogP contribution in [0.25, 0.3) is 77.7 Å². The number of nitrogens with one attached hydrogen (secondary N) is 1. The van der Waals surface area contributed by atoms with Crippen molar-refractivity contribution in [1.29, 1.82) is 0 Å². The molecule has 0 saturated carbocycles. The fourth-order valence-corrected chi connectivity index (χ4v) is 8.37. The van der Waals surface area contributed by atoms with Gasteiger partial charge in [0.1, 0.15) is 11.7 Å². The molecule has 1 unspecified atom stereocenters. The summed E-state index contributed by atoms with van der Waals surface area (Å²) in [6, 6.07) is 70.3. The molecule has 59 heavy (non-hydrogen) atoms. The zero-order valence-electron chi connectivity index (χ0n) is 32.1. The van der Waals surface area contributed by atoms with Crippen molar-refractivity contribution in [1.82, 2.24) is 19.9 Å². The van der Waals surface area contributed by atoms with E-state index in [1.54, 1.807) is 0 Å². The largest absolute Gasteiger partial charge is 0.359 e. The zero-order valence-corrected chi connectivity index (χ0v) is 32.1. The topological polar surface area (TPSA) is 55.1 Å². The normalized spacial score (nSPS) is 13.9. The highest BCUT2D eigenvalue weighted by molar-refractivity contribution is 6.23. The van der Waals surface area contributed by atoms with Crippen LogP contribution in [0.1, 0.15) is 22.7 Å². The summed E-state index contributed by atoms with van der Waals surface area (Å²) in [5.41, 5.74) is 14.0. The van der Waals surface area contributed by atoms with Gasteiger partial charge >= 0.3 is 0 Å². The van der Waals surface area contributed by atoms with Gasteiger partial charge in [0.15, 0.2) is 0 Å². The highest BCUT2D eigenvalue weighted by Gasteiger charge is 2.22. The molecule has 0 radical (unpaired) electrons. The van der Waals surface area contributed by atoms with Crippen LogP contribution in [0.15, 0.2) is 217 Å². The van der Waals surface area contributed by atoms with Crippen molar-refractivity contribution in [3.8, 4) is 39.3 Å². The fourth-order valence-electron chi connectivity index (χ4n) is 8.37. The van der Waals surface area contributed by atoms with Crippen molar-refractivity contribution < 1.29 is 0 Å². The van der Waals surface area contributed by atoms with Crippen molar-refractivity contribution >= 4 is 44.2 Å². The molecule has 0 fully saturated rings. The van der Waals surface area contributed by atoms with Crippen LogP contribution in [-0.2, 0) is 0 Å². The van der Waals surface area contributed by atoms with Crippen molar-refractivity contribution in [3.05, 3.63) is 229 Å². The Bertz CT molecular complexity index is 3190. The van der Waals surface area contributed by atoms with Gasteiger partial charge in [-0.15, -0.1) is 0 Å². The number of hydrogen-bond acceptors (Lipinski definition) is 4. The Labute approximate surface area is 342 Å². The predicted molar refractivity (Wildman–Crippen MR) is 243 cm³/mol. The molecule has 1 N–H and O–H groups in total. The van der Waals surface area contributed by atoms with Crippen LogP contribution in [0.3, 0.4) is 0 Å². The van der Waals surface area contributed by atoms with Crippen molar-refractivity contribution in [2.75, 3.05) is 0 Å². The first-order valence-electron chi connectivity index (χ1n) is 20.0. The van der Waals surface area contributed by atoms with Crippen LogP contribution < -0.4 is 5.32 Å². The van der Waals surface area contributed by atoms with Gasteiger partial charge in [0.05, 0.1) is 28.3 Å². The van der Waals surface area contributed by atoms with E-state index < -0.39 is 0 Å². The summed E-state index contributed by atoms with van der Waals surface area (Å²) in [7, 11) is 0. The van der Waals surface area contributed by atoms with E-state index >= 15 is 0 Å². The second kappa shape index (κ2) is 14.6. The summed E-state index contributed by atoms with van der Waals surface area (Å²) in [6.07, 6.45) is 4.11. The lowest BCUT2D eigenvalue weighted by Gasteiger charge is -2.24. The monoisotopic (exact) mass is 755 g/mol. The summed E-state index contributed by atoms with van der Waals surface area (Å²) in [4.78, 5) is 15.4. The first kappa shape index (κ1) is 34.4. The van der Waals surface area contributed by atoms with Crippen LogP contribution in [0.5, 0.6) is 0 Å². The third-order valence-electron chi connectivity index (χ3n) is 11.3. The molecule has 10 aromatic rings. The van der Waals surface area contributed by atoms with Gasteiger partial charge in [0, 0.05) is 39.2 Å². The van der Waals surface area contributed by atoms with Gasteiger partial charge < -0.3 is 5.32 Å². The molecule has 5 heteroatoms. The van der Waals surface area contributed by atoms with Crippen LogP contribution in [0.4, 0.5) is 0 Å². The number of imidazole rings is 1. The molecule has 2 aromatic heterocycles. The first-order chi connectivity index (χ1) is 29.2. The Balaban J connectivity index is 0.953. The molecule has 278 valence electrons. The van der Waals surface area contributed by atoms with E-state index in [0.29, 0.717) is 0 Å². The van der Waals surface area contributed by atoms with Crippen molar-refractivity contribution in [2.45, 2.75) is 6.04 Å². The Kier molecular flexibility index (Phi) is 8.48. The molecule has 1 aliphatic heterocycles. The molecule has 8 aromatic carbocycles. The molecule has 0 spiro atoms. The average molecular weight is 756 g/mol. The van der Waals surface area contributed by atoms with Crippen molar-refractivity contribution in [3.63, 3.8) is 0 Å². The van der Waals surface area contributed by atoms with Gasteiger partial charge in [0.2, 0.25) is 0 Å². The minimum atomic E-state index is -0.0410. The number of benzene rings is 8. The maximum absolute atomic E-state index is 5.35. The predicted octanol–water partition coefficient (Wildman–Crippen LogP) is 12.9. The van der Waals surface area contributed by atoms with E-state index in [1.165, 1.54) is 16.7 Å². The summed E-state index contributed by atoms with van der Waals surface area (Å²) in [5, 5.41) is 6.98. The molecule has 0 aliphatic carbocycles. The highest BCUT2D eigenvalue weighted by Crippen LogP contribution is 2.39. The third-order valence-corrected chi connectivity index (χ3v) is 11.3. The number of hydrogen-bond donors (Lipinski definition) is 1. The van der Waals surface area contributed by atoms with Crippen LogP contribution in [0, 0.1) is 0 Å². The molecule has 0 bridgehead atoms. The van der Waals surface area contributed by atoms with Crippen LogP contribution in [0.2, 0.25) is 0 Å². The Morgan fingerprint density at radius 2 is 0.932 bits per heavy atom. The minimum Gasteiger partial charge on any atom is -0.359 e. The number of nitrogens with zero attached hydrogens (tertiary/aromatic N) is 4. The zero-order chi connectivity index (χ0) is 39.1. The lowest BCUT2D eigenvalue weighted by molar-refractivity contribution is 0.781. The fraction of sp³-hybridized carbons (Fsp3) is 0.0185. The minimum absolute atomic E-state index is 0.0410. The van der Waals surface area contributed by atoms with E-state index in [-0.39, 0.29) is 6.04 Å². The summed E-state index contributed by atoms with van der Waals surface area (Å²) >= 11 is 0. The molecule has 1 atom stereocenters. The lowest BCUT2D eigenvalue weighted by Crippen LogP contribution is -2.31. The SMILES string of the molecule is C1=C(c2ccc(-c3ccc(-n4c(-c5ccccc5)nc5c6ccccc6c6ncccc6c54)cc3)cc2)N=C(c2ccccc2)NC1c1ccc(-c2ccccc2)cc1. The number of fused-ring (bicyclic) bond motifs is 6. The standard InChI is InChI=1S/C54H37N5/c1-4-13-36(14-5-1)37-22-26-40(27-23-37)48-35-49(57-53(56-48)42-15-6-2-7-16-42)41-28-24-38(25-29-41)39-30-32-44(33-31-39)59-52-47-21-12-34-55-50(47)45-19-10-11-20-46(45)51(52)58-54(59)43-17-8-3-9-18-43/h1-35,48H,(H,56,57). The average Bonchev–Trinajstić information content (AvgIpc) is 3.74. The quantitative estimate of drug-likeness (QED) is 0.165. The summed E-state index contributed by atoms with van der Waals surface area (Å²) in [6.45, 7) is 0. The Morgan fingerprint density at radius 3 is 1.59 bits per heavy atom. The van der Waals surface area contributed by atoms with E-state index in [9.17, 15) is 0 Å². The number of aliphatic imine (C=N–C) groups is 1. The molecule has 0 amide bonds. The lowest BCUT2D eigenvalue weighted by atomic mass is 9.97. The van der Waals surface area contributed by atoms with E-state index in [0.717, 1.165) is 83.6 Å². The molecule has 0 saturated heterocycles. The molecule has 5 nitrogen and oxygen atoms in total. The Morgan fingerprint density at radius 1 is 0.424 bits per heavy atom. The Hall–Kier alpha value is -7.89. The number of rotatable bonds is 7. The van der Waals surface area contributed by atoms with Crippen LogP contribution >= 0.6 is 0 Å². The van der Waals surface area contributed by atoms with Gasteiger partial charge in [-0.25, -0.2) is 9.98 Å². The maximum atomic E-state index is 5.35. The molecule has 11 rings (SSSR count). The van der Waals surface area contributed by atoms with Crippen LogP contribution in [-0.4, -0.2) is 20.4 Å². The molecular formula is C54H37N5. The molecular weight excluding hydrogens is 719 g/mol. The van der Waals surface area contributed by atoms with Gasteiger partial charge in [-0.05, 0) is 63.7 Å². The first-order valence-corrected chi connectivity index (χ1v) is 20.0. The maximum Gasteiger partial charge on any atom is 0.145 e. The van der Waals surface area contributed by atoms with Gasteiger partial charge in [-0.2, -0.15) is 0 Å². The number of amidine groups is 1. The third kappa shape index (κ3) is 6.26. The van der Waals surface area contributed by atoms with Gasteiger partial charge in [-0.3, -0.25) is 9.55 Å². The highest BCUT2D eigenvalue weighted by atomic mass is 15.1. The molecule has 3 heterocycles. The second-order valence-corrected chi connectivity index (χ2v) is 14.9.